The molecule has 3 N–H and O–H groups in total. The number of rotatable bonds is 31. The predicted molar refractivity (Wildman–Crippen MR) is 255 cm³/mol. The summed E-state index contributed by atoms with van der Waals surface area (Å²) in [6, 6.07) is 24.3. The van der Waals surface area contributed by atoms with Crippen molar-refractivity contribution in [2.45, 2.75) is 134 Å². The normalized spacial score (nSPS) is 19.0. The van der Waals surface area contributed by atoms with Crippen molar-refractivity contribution in [3.8, 4) is 23.3 Å². The van der Waals surface area contributed by atoms with Crippen molar-refractivity contribution in [1.82, 2.24) is 5.32 Å². The molecule has 2 atom stereocenters. The molecule has 15 heteroatoms. The summed E-state index contributed by atoms with van der Waals surface area (Å²) in [5.74, 6) is 1.06. The first-order valence-corrected chi connectivity index (χ1v) is 26.1. The molecule has 2 unspecified atom stereocenters. The molecule has 0 spiro atoms. The van der Waals surface area contributed by atoms with E-state index in [0.717, 1.165) is 102 Å². The monoisotopic (exact) mass is 950 g/mol. The average molecular weight is 950 g/mol. The number of carbonyl (C=O) groups excluding carboxylic acids is 1. The Kier molecular flexibility index (Phi) is 22.4. The number of benzene rings is 3. The highest BCUT2D eigenvalue weighted by Crippen LogP contribution is 2.44. The van der Waals surface area contributed by atoms with Crippen molar-refractivity contribution in [2.24, 2.45) is 5.92 Å². The van der Waals surface area contributed by atoms with Gasteiger partial charge < -0.3 is 48.4 Å². The highest BCUT2D eigenvalue weighted by molar-refractivity contribution is 7.44. The molecule has 0 aliphatic heterocycles. The maximum atomic E-state index is 13.5. The zero-order chi connectivity index (χ0) is 48.0. The van der Waals surface area contributed by atoms with Gasteiger partial charge in [0.1, 0.15) is 25.4 Å². The lowest BCUT2D eigenvalue weighted by Gasteiger charge is -2.38. The van der Waals surface area contributed by atoms with Crippen LogP contribution < -0.4 is 24.4 Å². The van der Waals surface area contributed by atoms with Crippen molar-refractivity contribution in [2.75, 3.05) is 66.4 Å². The van der Waals surface area contributed by atoms with E-state index in [2.05, 4.69) is 54.0 Å². The minimum Gasteiger partial charge on any atom is -0.756 e. The van der Waals surface area contributed by atoms with Crippen molar-refractivity contribution in [1.29, 1.82) is 5.26 Å². The number of hydrogen-bond acceptors (Lipinski definition) is 12. The van der Waals surface area contributed by atoms with Crippen LogP contribution in [0.2, 0.25) is 0 Å². The fourth-order valence-corrected chi connectivity index (χ4v) is 9.56. The Morgan fingerprint density at radius 3 is 2.31 bits per heavy atom. The maximum absolute atomic E-state index is 13.5. The Bertz CT molecular complexity index is 2010. The summed E-state index contributed by atoms with van der Waals surface area (Å²) >= 11 is 0. The van der Waals surface area contributed by atoms with Crippen LogP contribution in [0.3, 0.4) is 0 Å². The molecular formula is C52H76N3O11P. The molecule has 0 bridgehead atoms. The second-order valence-electron chi connectivity index (χ2n) is 18.3. The molecule has 67 heavy (non-hydrogen) atoms. The lowest BCUT2D eigenvalue weighted by molar-refractivity contribution is -0.937. The molecule has 0 saturated heterocycles. The molecule has 14 nitrogen and oxygen atoms in total. The van der Waals surface area contributed by atoms with Gasteiger partial charge >= 0.3 is 5.97 Å². The molecular weight excluding hydrogens is 874 g/mol. The molecule has 3 aromatic rings. The standard InChI is InChI=1S/C52H76N3O11P/c1-4-55(5-2,31-34-63-51(57)42-26-28-52(39-53,29-27-42)45-24-25-48(61-3)50(36-45)66-46-20-11-12-21-46)38-44-23-22-43(35-49(44)64-40-65-67(58,59)60)47(56)37-54-30-14-6-7-15-32-62-33-16-13-19-41-17-9-8-10-18-41/h8-10,17-18,22-25,35-36,42,46-47,54,56H,4-7,11-16,19-21,26-34,37-38,40H2,1-3H3,(H-,58,59,60). The molecule has 370 valence electrons. The van der Waals surface area contributed by atoms with E-state index in [1.54, 1.807) is 13.2 Å². The van der Waals surface area contributed by atoms with Gasteiger partial charge in [0.2, 0.25) is 0 Å². The van der Waals surface area contributed by atoms with Gasteiger partial charge in [0.15, 0.2) is 18.3 Å². The van der Waals surface area contributed by atoms with Crippen LogP contribution in [-0.2, 0) is 41.7 Å². The van der Waals surface area contributed by atoms with Gasteiger partial charge in [-0.3, -0.25) is 13.9 Å². The number of carbonyl (C=O) groups is 1. The number of hydrogen-bond donors (Lipinski definition) is 3. The Morgan fingerprint density at radius 2 is 1.63 bits per heavy atom. The lowest BCUT2D eigenvalue weighted by Crippen LogP contribution is -2.49. The van der Waals surface area contributed by atoms with Crippen LogP contribution in [0.5, 0.6) is 17.2 Å². The van der Waals surface area contributed by atoms with E-state index in [0.29, 0.717) is 85.7 Å². The number of ether oxygens (including phenoxy) is 5. The summed E-state index contributed by atoms with van der Waals surface area (Å²) in [4.78, 5) is 34.1. The number of nitriles is 1. The number of quaternary nitrogens is 1. The van der Waals surface area contributed by atoms with E-state index in [1.807, 2.05) is 36.4 Å². The number of esters is 1. The lowest BCUT2D eigenvalue weighted by atomic mass is 9.67. The van der Waals surface area contributed by atoms with E-state index in [4.69, 9.17) is 23.7 Å². The summed E-state index contributed by atoms with van der Waals surface area (Å²) in [5.41, 5.74) is 2.84. The highest BCUT2D eigenvalue weighted by atomic mass is 31.2. The number of methoxy groups -OCH3 is 1. The first kappa shape index (κ1) is 53.9. The summed E-state index contributed by atoms with van der Waals surface area (Å²) in [6.07, 6.45) is 13.1. The first-order valence-electron chi connectivity index (χ1n) is 24.6. The molecule has 0 radical (unpaired) electrons. The number of phosphoric acid groups is 1. The Labute approximate surface area is 399 Å². The average Bonchev–Trinajstić information content (AvgIpc) is 3.86. The Hall–Kier alpha value is -4.03. The quantitative estimate of drug-likeness (QED) is 0.0183. The van der Waals surface area contributed by atoms with E-state index in [9.17, 15) is 29.5 Å². The van der Waals surface area contributed by atoms with Crippen LogP contribution in [0.4, 0.5) is 0 Å². The second kappa shape index (κ2) is 27.8. The molecule has 0 aromatic heterocycles. The minimum absolute atomic E-state index is 0.148. The van der Waals surface area contributed by atoms with Gasteiger partial charge in [-0.2, -0.15) is 5.26 Å². The first-order chi connectivity index (χ1) is 32.4. The third-order valence-electron chi connectivity index (χ3n) is 13.8. The van der Waals surface area contributed by atoms with Crippen LogP contribution in [0.25, 0.3) is 0 Å². The molecule has 2 saturated carbocycles. The fourth-order valence-electron chi connectivity index (χ4n) is 9.37. The smallest absolute Gasteiger partial charge is 0.309 e. The van der Waals surface area contributed by atoms with Crippen molar-refractivity contribution in [3.63, 3.8) is 0 Å². The number of nitrogens with one attached hydrogen (secondary N) is 1. The van der Waals surface area contributed by atoms with Crippen LogP contribution in [0.15, 0.2) is 66.7 Å². The number of aryl methyl sites for hydroxylation is 1. The minimum atomic E-state index is -5.04. The maximum Gasteiger partial charge on any atom is 0.309 e. The van der Waals surface area contributed by atoms with E-state index in [-0.39, 0.29) is 24.6 Å². The van der Waals surface area contributed by atoms with Crippen LogP contribution in [-0.4, -0.2) is 93.0 Å². The number of aliphatic hydroxyl groups excluding tert-OH is 1. The van der Waals surface area contributed by atoms with Crippen LogP contribution in [0.1, 0.15) is 132 Å². The van der Waals surface area contributed by atoms with Gasteiger partial charge in [-0.15, -0.1) is 0 Å². The van der Waals surface area contributed by atoms with Gasteiger partial charge in [0.25, 0.3) is 7.82 Å². The fraction of sp³-hybridized carbons (Fsp3) is 0.615. The second-order valence-corrected chi connectivity index (χ2v) is 19.5. The van der Waals surface area contributed by atoms with Crippen molar-refractivity contribution in [3.05, 3.63) is 89.0 Å². The van der Waals surface area contributed by atoms with Gasteiger partial charge in [0, 0.05) is 25.3 Å². The van der Waals surface area contributed by atoms with Crippen molar-refractivity contribution >= 4 is 13.8 Å². The van der Waals surface area contributed by atoms with Gasteiger partial charge in [-0.1, -0.05) is 55.3 Å². The number of likely N-dealkylation sites (N-methyl/N-ethyl adjacent to an activating group) is 1. The topological polar surface area (TPSA) is 189 Å². The number of nitrogens with zero attached hydrogens (tertiary/aromatic N) is 2. The molecule has 2 aliphatic carbocycles. The van der Waals surface area contributed by atoms with Gasteiger partial charge in [-0.25, -0.2) is 0 Å². The summed E-state index contributed by atoms with van der Waals surface area (Å²) in [6.45, 7) is 8.60. The largest absolute Gasteiger partial charge is 0.756 e. The van der Waals surface area contributed by atoms with Gasteiger partial charge in [-0.05, 0) is 145 Å². The van der Waals surface area contributed by atoms with Crippen molar-refractivity contribution < 1.29 is 56.9 Å². The zero-order valence-corrected chi connectivity index (χ0v) is 41.1. The van der Waals surface area contributed by atoms with Gasteiger partial charge in [0.05, 0.1) is 49.8 Å². The Morgan fingerprint density at radius 1 is 0.910 bits per heavy atom. The van der Waals surface area contributed by atoms with E-state index < -0.39 is 26.1 Å². The molecule has 0 amide bonds. The molecule has 2 fully saturated rings. The summed E-state index contributed by atoms with van der Waals surface area (Å²) in [5, 5.41) is 24.9. The number of aliphatic hydroxyl groups is 1. The molecule has 3 aromatic carbocycles. The SMILES string of the molecule is CC[N+](CC)(CCOC(=O)C1CCC(C#N)(c2ccc(OC)c(OC3CCCC3)c2)CC1)Cc1ccc(C(O)CNCCCCCCOCCCCc2ccccc2)cc1OCOP(=O)([O-])O. The van der Waals surface area contributed by atoms with Crippen LogP contribution >= 0.6 is 7.82 Å². The number of unbranched alkanes of at least 4 members (excludes halogenated alkanes) is 4. The van der Waals surface area contributed by atoms with Crippen LogP contribution in [0, 0.1) is 17.2 Å². The zero-order valence-electron chi connectivity index (χ0n) is 40.2. The predicted octanol–water partition coefficient (Wildman–Crippen LogP) is 8.60. The Balaban J connectivity index is 1.07. The molecule has 5 rings (SSSR count). The molecule has 2 aliphatic rings. The highest BCUT2D eigenvalue weighted by Gasteiger charge is 2.40. The van der Waals surface area contributed by atoms with E-state index in [1.165, 1.54) is 5.56 Å². The third kappa shape index (κ3) is 17.5. The van der Waals surface area contributed by atoms with E-state index >= 15 is 0 Å². The summed E-state index contributed by atoms with van der Waals surface area (Å²) < 4.78 is 45.9. The number of phosphoric ester groups is 1. The summed E-state index contributed by atoms with van der Waals surface area (Å²) in [7, 11) is -3.42. The molecule has 0 heterocycles. The third-order valence-corrected chi connectivity index (χ3v) is 14.3.